The molecule has 3 rings (SSSR count). The van der Waals surface area contributed by atoms with Crippen molar-refractivity contribution in [3.05, 3.63) is 47.5 Å². The first-order valence-corrected chi connectivity index (χ1v) is 10.1. The van der Waals surface area contributed by atoms with Gasteiger partial charge in [0.05, 0.1) is 51.8 Å². The van der Waals surface area contributed by atoms with Gasteiger partial charge in [-0.2, -0.15) is 10.2 Å². The number of nitrogens with zero attached hydrogens (tertiary/aromatic N) is 4. The highest BCUT2D eigenvalue weighted by molar-refractivity contribution is 5.81. The first-order valence-electron chi connectivity index (χ1n) is 10.1. The largest absolute Gasteiger partial charge is 0.504 e. The summed E-state index contributed by atoms with van der Waals surface area (Å²) in [5.74, 6) is 1.18. The highest BCUT2D eigenvalue weighted by Gasteiger charge is 2.13. The minimum absolute atomic E-state index is 0.127. The zero-order valence-electron chi connectivity index (χ0n) is 17.4. The van der Waals surface area contributed by atoms with Crippen LogP contribution in [0.15, 0.2) is 46.6 Å². The maximum atomic E-state index is 9.78. The van der Waals surface area contributed by atoms with Crippen LogP contribution < -0.4 is 9.47 Å². The zero-order valence-corrected chi connectivity index (χ0v) is 17.4. The van der Waals surface area contributed by atoms with E-state index in [9.17, 15) is 10.2 Å². The van der Waals surface area contributed by atoms with Crippen LogP contribution in [0, 0.1) is 0 Å². The van der Waals surface area contributed by atoms with Gasteiger partial charge in [-0.3, -0.25) is 10.0 Å². The molecule has 0 aromatic heterocycles. The van der Waals surface area contributed by atoms with E-state index in [4.69, 9.17) is 9.47 Å². The summed E-state index contributed by atoms with van der Waals surface area (Å²) < 4.78 is 10.8. The fourth-order valence-corrected chi connectivity index (χ4v) is 2.98. The molecular formula is C22H28N4O4. The van der Waals surface area contributed by atoms with Gasteiger partial charge in [0.15, 0.2) is 23.0 Å². The normalized spacial score (nSPS) is 14.6. The van der Waals surface area contributed by atoms with Crippen molar-refractivity contribution in [3.63, 3.8) is 0 Å². The third-order valence-electron chi connectivity index (χ3n) is 4.54. The van der Waals surface area contributed by atoms with Crippen LogP contribution in [0.3, 0.4) is 0 Å². The van der Waals surface area contributed by atoms with E-state index in [-0.39, 0.29) is 11.5 Å². The third-order valence-corrected chi connectivity index (χ3v) is 4.54. The first kappa shape index (κ1) is 21.3. The van der Waals surface area contributed by atoms with Crippen LogP contribution in [-0.4, -0.2) is 72.1 Å². The number of aromatic hydroxyl groups is 2. The van der Waals surface area contributed by atoms with E-state index >= 15 is 0 Å². The van der Waals surface area contributed by atoms with Crippen LogP contribution >= 0.6 is 0 Å². The van der Waals surface area contributed by atoms with Gasteiger partial charge in [0, 0.05) is 0 Å². The van der Waals surface area contributed by atoms with Gasteiger partial charge in [0.25, 0.3) is 0 Å². The lowest BCUT2D eigenvalue weighted by atomic mass is 10.2. The Labute approximate surface area is 176 Å². The second kappa shape index (κ2) is 10.4. The molecular weight excluding hydrogens is 384 g/mol. The van der Waals surface area contributed by atoms with E-state index in [1.54, 1.807) is 48.8 Å². The second-order valence-corrected chi connectivity index (χ2v) is 6.72. The van der Waals surface area contributed by atoms with Crippen LogP contribution in [0.1, 0.15) is 25.0 Å². The summed E-state index contributed by atoms with van der Waals surface area (Å²) in [5, 5.41) is 32.6. The molecule has 1 aliphatic heterocycles. The van der Waals surface area contributed by atoms with Crippen LogP contribution in [0.25, 0.3) is 0 Å². The average molecular weight is 412 g/mol. The molecule has 0 atom stereocenters. The van der Waals surface area contributed by atoms with Crippen LogP contribution in [0.5, 0.6) is 23.0 Å². The number of phenolic OH excluding ortho intramolecular Hbond substituents is 2. The fourth-order valence-electron chi connectivity index (χ4n) is 2.98. The molecule has 8 nitrogen and oxygen atoms in total. The summed E-state index contributed by atoms with van der Waals surface area (Å²) in [6.07, 6.45) is 3.54. The second-order valence-electron chi connectivity index (χ2n) is 6.72. The summed E-state index contributed by atoms with van der Waals surface area (Å²) in [6.45, 7) is 7.76. The van der Waals surface area contributed by atoms with Crippen molar-refractivity contribution in [2.24, 2.45) is 10.2 Å². The van der Waals surface area contributed by atoms with E-state index in [1.807, 2.05) is 23.9 Å². The molecule has 8 heteroatoms. The maximum absolute atomic E-state index is 9.78. The summed E-state index contributed by atoms with van der Waals surface area (Å²) in [5.41, 5.74) is 1.74. The molecule has 0 unspecified atom stereocenters. The van der Waals surface area contributed by atoms with Gasteiger partial charge in [-0.05, 0) is 61.4 Å². The van der Waals surface area contributed by atoms with Crippen molar-refractivity contribution in [1.82, 2.24) is 10.0 Å². The number of benzene rings is 2. The summed E-state index contributed by atoms with van der Waals surface area (Å²) in [6, 6.07) is 10.4. The number of hydrogen-bond donors (Lipinski definition) is 2. The molecule has 2 aromatic carbocycles. The lowest BCUT2D eigenvalue weighted by Gasteiger charge is -2.31. The Kier molecular flexibility index (Phi) is 7.37. The SMILES string of the molecule is CCOc1cc(/C=N\N2CCN(/N=C/c3ccc(O)c(OCC)c3)CC2)ccc1O. The molecule has 1 heterocycles. The smallest absolute Gasteiger partial charge is 0.161 e. The van der Waals surface area contributed by atoms with Gasteiger partial charge >= 0.3 is 0 Å². The van der Waals surface area contributed by atoms with Crippen LogP contribution in [0.4, 0.5) is 0 Å². The zero-order chi connectivity index (χ0) is 21.3. The topological polar surface area (TPSA) is 90.1 Å². The molecule has 0 radical (unpaired) electrons. The highest BCUT2D eigenvalue weighted by Crippen LogP contribution is 2.27. The fraction of sp³-hybridized carbons (Fsp3) is 0.364. The van der Waals surface area contributed by atoms with E-state index in [2.05, 4.69) is 10.2 Å². The predicted octanol–water partition coefficient (Wildman–Crippen LogP) is 2.88. The number of hydrogen-bond acceptors (Lipinski definition) is 8. The molecule has 0 saturated carbocycles. The van der Waals surface area contributed by atoms with Crippen LogP contribution in [0.2, 0.25) is 0 Å². The van der Waals surface area contributed by atoms with E-state index in [1.165, 1.54) is 0 Å². The number of ether oxygens (including phenoxy) is 2. The Hall–Kier alpha value is -3.42. The van der Waals surface area contributed by atoms with Crippen LogP contribution in [-0.2, 0) is 0 Å². The molecule has 160 valence electrons. The van der Waals surface area contributed by atoms with Gasteiger partial charge in [0.2, 0.25) is 0 Å². The maximum Gasteiger partial charge on any atom is 0.161 e. The quantitative estimate of drug-likeness (QED) is 0.648. The molecule has 1 fully saturated rings. The van der Waals surface area contributed by atoms with Gasteiger partial charge in [-0.25, -0.2) is 0 Å². The molecule has 2 N–H and O–H groups in total. The standard InChI is InChI=1S/C22H28N4O4/c1-3-29-21-13-17(5-7-19(21)27)15-23-25-9-11-26(12-10-25)24-16-18-6-8-20(28)22(14-18)30-4-2/h5-8,13-16,27-28H,3-4,9-12H2,1-2H3/b23-15-,24-16+. The molecule has 1 aliphatic rings. The predicted molar refractivity (Wildman–Crippen MR) is 117 cm³/mol. The third kappa shape index (κ3) is 5.79. The van der Waals surface area contributed by atoms with E-state index in [0.717, 1.165) is 37.3 Å². The monoisotopic (exact) mass is 412 g/mol. The Morgan fingerprint density at radius 3 is 1.53 bits per heavy atom. The average Bonchev–Trinajstić information content (AvgIpc) is 2.76. The Balaban J connectivity index is 1.52. The van der Waals surface area contributed by atoms with Gasteiger partial charge < -0.3 is 19.7 Å². The highest BCUT2D eigenvalue weighted by atomic mass is 16.5. The summed E-state index contributed by atoms with van der Waals surface area (Å²) in [7, 11) is 0. The van der Waals surface area contributed by atoms with Crippen molar-refractivity contribution in [1.29, 1.82) is 0 Å². The van der Waals surface area contributed by atoms with Crippen molar-refractivity contribution < 1.29 is 19.7 Å². The first-order chi connectivity index (χ1) is 14.6. The molecule has 0 bridgehead atoms. The Morgan fingerprint density at radius 1 is 0.767 bits per heavy atom. The van der Waals surface area contributed by atoms with Crippen molar-refractivity contribution in [2.75, 3.05) is 39.4 Å². The molecule has 30 heavy (non-hydrogen) atoms. The van der Waals surface area contributed by atoms with Gasteiger partial charge in [-0.15, -0.1) is 0 Å². The minimum Gasteiger partial charge on any atom is -0.504 e. The van der Waals surface area contributed by atoms with Crippen molar-refractivity contribution >= 4 is 12.4 Å². The number of rotatable bonds is 8. The minimum atomic E-state index is 0.127. The van der Waals surface area contributed by atoms with Gasteiger partial charge in [0.1, 0.15) is 0 Å². The lowest BCUT2D eigenvalue weighted by Crippen LogP contribution is -2.41. The molecule has 0 amide bonds. The summed E-state index contributed by atoms with van der Waals surface area (Å²) in [4.78, 5) is 0. The lowest BCUT2D eigenvalue weighted by molar-refractivity contribution is 0.141. The molecule has 1 saturated heterocycles. The Bertz CT molecular complexity index is 819. The van der Waals surface area contributed by atoms with E-state index in [0.29, 0.717) is 24.7 Å². The van der Waals surface area contributed by atoms with Gasteiger partial charge in [-0.1, -0.05) is 0 Å². The van der Waals surface area contributed by atoms with E-state index < -0.39 is 0 Å². The van der Waals surface area contributed by atoms with Crippen molar-refractivity contribution in [3.8, 4) is 23.0 Å². The molecule has 2 aromatic rings. The molecule has 0 spiro atoms. The number of hydrazone groups is 2. The number of piperazine rings is 1. The number of phenols is 2. The van der Waals surface area contributed by atoms with Crippen molar-refractivity contribution in [2.45, 2.75) is 13.8 Å². The molecule has 0 aliphatic carbocycles. The summed E-state index contributed by atoms with van der Waals surface area (Å²) >= 11 is 0. The Morgan fingerprint density at radius 2 is 1.17 bits per heavy atom.